The van der Waals surface area contributed by atoms with Gasteiger partial charge in [0.2, 0.25) is 0 Å². The molecule has 0 radical (unpaired) electrons. The lowest BCUT2D eigenvalue weighted by atomic mass is 10.1. The molecule has 2 aromatic heterocycles. The van der Waals surface area contributed by atoms with Gasteiger partial charge >= 0.3 is 0 Å². The second-order valence-electron chi connectivity index (χ2n) is 4.36. The molecule has 86 valence electrons. The highest BCUT2D eigenvalue weighted by Gasteiger charge is 2.06. The Hall–Kier alpha value is -2.03. The van der Waals surface area contributed by atoms with Gasteiger partial charge in [0, 0.05) is 24.8 Å². The van der Waals surface area contributed by atoms with Crippen LogP contribution in [0.4, 0.5) is 0 Å². The quantitative estimate of drug-likeness (QED) is 0.625. The van der Waals surface area contributed by atoms with Crippen LogP contribution in [0.25, 0.3) is 16.4 Å². The lowest BCUT2D eigenvalue weighted by molar-refractivity contribution is 0.850. The van der Waals surface area contributed by atoms with E-state index in [4.69, 9.17) is 0 Å². The second-order valence-corrected chi connectivity index (χ2v) is 4.36. The molecule has 0 saturated heterocycles. The highest BCUT2D eigenvalue weighted by molar-refractivity contribution is 5.87. The number of aryl methyl sites for hydroxylation is 2. The Kier molecular flexibility index (Phi) is 2.08. The molecule has 17 heavy (non-hydrogen) atoms. The van der Waals surface area contributed by atoms with Crippen molar-refractivity contribution >= 4 is 16.4 Å². The van der Waals surface area contributed by atoms with Gasteiger partial charge in [-0.25, -0.2) is 0 Å². The van der Waals surface area contributed by atoms with Crippen LogP contribution in [0.2, 0.25) is 0 Å². The molecule has 0 unspecified atom stereocenters. The maximum atomic E-state index is 12.0. The van der Waals surface area contributed by atoms with Crippen LogP contribution in [-0.4, -0.2) is 8.97 Å². The first-order chi connectivity index (χ1) is 8.20. The molecule has 0 bridgehead atoms. The third kappa shape index (κ3) is 1.39. The van der Waals surface area contributed by atoms with E-state index in [2.05, 4.69) is 25.1 Å². The van der Waals surface area contributed by atoms with Gasteiger partial charge in [0.1, 0.15) is 5.52 Å². The lowest BCUT2D eigenvalue weighted by Gasteiger charge is -2.01. The van der Waals surface area contributed by atoms with Crippen molar-refractivity contribution in [1.82, 2.24) is 8.97 Å². The van der Waals surface area contributed by atoms with Gasteiger partial charge in [0.25, 0.3) is 5.56 Å². The van der Waals surface area contributed by atoms with E-state index in [0.29, 0.717) is 0 Å². The van der Waals surface area contributed by atoms with Crippen LogP contribution in [0.1, 0.15) is 12.5 Å². The summed E-state index contributed by atoms with van der Waals surface area (Å²) in [6, 6.07) is 8.31. The van der Waals surface area contributed by atoms with Gasteiger partial charge in [0.05, 0.1) is 5.52 Å². The predicted molar refractivity (Wildman–Crippen MR) is 69.5 cm³/mol. The zero-order valence-electron chi connectivity index (χ0n) is 9.97. The average molecular weight is 226 g/mol. The molecule has 3 nitrogen and oxygen atoms in total. The molecule has 0 atom stereocenters. The topological polar surface area (TPSA) is 26.4 Å². The summed E-state index contributed by atoms with van der Waals surface area (Å²) in [4.78, 5) is 12.0. The van der Waals surface area contributed by atoms with Crippen molar-refractivity contribution in [3.05, 3.63) is 52.6 Å². The number of rotatable bonds is 1. The standard InChI is InChI=1S/C14H14N2O/c1-3-10-4-5-11-9-13-14(17)15(2)6-7-16(13)12(11)8-10/h4-9H,3H2,1-2H3. The first-order valence-electron chi connectivity index (χ1n) is 5.80. The van der Waals surface area contributed by atoms with Crippen molar-refractivity contribution in [3.8, 4) is 0 Å². The normalized spacial score (nSPS) is 11.4. The van der Waals surface area contributed by atoms with E-state index in [1.165, 1.54) is 5.56 Å². The Morgan fingerprint density at radius 2 is 1.94 bits per heavy atom. The predicted octanol–water partition coefficient (Wildman–Crippen LogP) is 2.35. The number of aromatic nitrogens is 2. The molecule has 0 N–H and O–H groups in total. The number of hydrogen-bond acceptors (Lipinski definition) is 1. The molecule has 0 saturated carbocycles. The van der Waals surface area contributed by atoms with Crippen LogP contribution in [-0.2, 0) is 13.5 Å². The largest absolute Gasteiger partial charge is 0.315 e. The van der Waals surface area contributed by atoms with E-state index in [1.807, 2.05) is 16.7 Å². The minimum absolute atomic E-state index is 0.0433. The molecule has 1 aromatic carbocycles. The molecule has 3 heteroatoms. The summed E-state index contributed by atoms with van der Waals surface area (Å²) < 4.78 is 3.58. The van der Waals surface area contributed by atoms with Gasteiger partial charge in [-0.3, -0.25) is 4.79 Å². The number of benzene rings is 1. The van der Waals surface area contributed by atoms with Crippen LogP contribution in [0.3, 0.4) is 0 Å². The zero-order valence-corrected chi connectivity index (χ0v) is 9.97. The van der Waals surface area contributed by atoms with Crippen molar-refractivity contribution in [2.45, 2.75) is 13.3 Å². The Balaban J connectivity index is 2.51. The smallest absolute Gasteiger partial charge is 0.274 e. The molecule has 0 aliphatic carbocycles. The molecule has 3 aromatic rings. The maximum absolute atomic E-state index is 12.0. The maximum Gasteiger partial charge on any atom is 0.274 e. The molecule has 0 fully saturated rings. The molecule has 0 aliphatic rings. The minimum atomic E-state index is 0.0433. The average Bonchev–Trinajstić information content (AvgIpc) is 2.72. The van der Waals surface area contributed by atoms with Gasteiger partial charge < -0.3 is 8.97 Å². The summed E-state index contributed by atoms with van der Waals surface area (Å²) >= 11 is 0. The highest BCUT2D eigenvalue weighted by Crippen LogP contribution is 2.19. The fourth-order valence-electron chi connectivity index (χ4n) is 2.23. The van der Waals surface area contributed by atoms with E-state index in [-0.39, 0.29) is 5.56 Å². The van der Waals surface area contributed by atoms with E-state index >= 15 is 0 Å². The molecule has 0 amide bonds. The van der Waals surface area contributed by atoms with Gasteiger partial charge in [-0.1, -0.05) is 19.1 Å². The van der Waals surface area contributed by atoms with Crippen LogP contribution < -0.4 is 5.56 Å². The third-order valence-corrected chi connectivity index (χ3v) is 3.29. The van der Waals surface area contributed by atoms with Gasteiger partial charge in [-0.15, -0.1) is 0 Å². The summed E-state index contributed by atoms with van der Waals surface area (Å²) in [5, 5.41) is 1.12. The monoisotopic (exact) mass is 226 g/mol. The minimum Gasteiger partial charge on any atom is -0.315 e. The molecule has 0 aliphatic heterocycles. The molecule has 2 heterocycles. The number of fused-ring (bicyclic) bond motifs is 3. The first kappa shape index (κ1) is 10.1. The van der Waals surface area contributed by atoms with Crippen molar-refractivity contribution < 1.29 is 0 Å². The molecule has 0 spiro atoms. The first-order valence-corrected chi connectivity index (χ1v) is 5.80. The zero-order chi connectivity index (χ0) is 12.0. The fourth-order valence-corrected chi connectivity index (χ4v) is 2.23. The second kappa shape index (κ2) is 3.48. The third-order valence-electron chi connectivity index (χ3n) is 3.29. The van der Waals surface area contributed by atoms with Crippen LogP contribution in [0.15, 0.2) is 41.5 Å². The fraction of sp³-hybridized carbons (Fsp3) is 0.214. The Morgan fingerprint density at radius 1 is 1.12 bits per heavy atom. The molecule has 3 rings (SSSR count). The van der Waals surface area contributed by atoms with Crippen molar-refractivity contribution in [2.24, 2.45) is 7.05 Å². The lowest BCUT2D eigenvalue weighted by Crippen LogP contribution is -2.17. The van der Waals surface area contributed by atoms with E-state index in [0.717, 1.165) is 22.8 Å². The Morgan fingerprint density at radius 3 is 2.71 bits per heavy atom. The van der Waals surface area contributed by atoms with Crippen LogP contribution in [0.5, 0.6) is 0 Å². The van der Waals surface area contributed by atoms with Gasteiger partial charge in [-0.2, -0.15) is 0 Å². The number of nitrogens with zero attached hydrogens (tertiary/aromatic N) is 2. The summed E-state index contributed by atoms with van der Waals surface area (Å²) in [7, 11) is 1.78. The Bertz CT molecular complexity index is 765. The molecular formula is C14H14N2O. The highest BCUT2D eigenvalue weighted by atomic mass is 16.1. The van der Waals surface area contributed by atoms with Crippen LogP contribution >= 0.6 is 0 Å². The van der Waals surface area contributed by atoms with Crippen molar-refractivity contribution in [1.29, 1.82) is 0 Å². The SMILES string of the molecule is CCc1ccc2cc3c(=O)n(C)ccn3c2c1. The van der Waals surface area contributed by atoms with Crippen LogP contribution in [0, 0.1) is 0 Å². The summed E-state index contributed by atoms with van der Waals surface area (Å²) in [6.45, 7) is 2.13. The number of hydrogen-bond donors (Lipinski definition) is 0. The molecular weight excluding hydrogens is 212 g/mol. The van der Waals surface area contributed by atoms with Gasteiger partial charge in [0.15, 0.2) is 0 Å². The summed E-state index contributed by atoms with van der Waals surface area (Å²) in [6.07, 6.45) is 4.75. The van der Waals surface area contributed by atoms with E-state index < -0.39 is 0 Å². The van der Waals surface area contributed by atoms with E-state index in [1.54, 1.807) is 17.8 Å². The summed E-state index contributed by atoms with van der Waals surface area (Å²) in [5.74, 6) is 0. The van der Waals surface area contributed by atoms with Crippen molar-refractivity contribution in [3.63, 3.8) is 0 Å². The van der Waals surface area contributed by atoms with Gasteiger partial charge in [-0.05, 0) is 24.1 Å². The Labute approximate surface area is 98.9 Å². The summed E-state index contributed by atoms with van der Waals surface area (Å²) in [5.41, 5.74) is 3.18. The van der Waals surface area contributed by atoms with Crippen molar-refractivity contribution in [2.75, 3.05) is 0 Å². The van der Waals surface area contributed by atoms with E-state index in [9.17, 15) is 4.79 Å².